The van der Waals surface area contributed by atoms with Crippen LogP contribution < -0.4 is 20.7 Å². The highest BCUT2D eigenvalue weighted by molar-refractivity contribution is 7.79. The standard InChI is InChI=1S/C60H51N7O4S/c1-36(68)61-40-24-23-39(35-72)53(33-40)71-34-54(69)66-43-21-13-11-19-41(43)57-49-29-25-45(62-49)55(37-15-7-5-8-16-37)47-27-31-51(64-47)58(42-20-12-14-22-44(42)67-59(70)60(2,3)4)52-32-28-48(65-52)56(38-17-9-6-10-18-38)46-26-30-50(57)63-46/h5-33,62,65,72H,34-35H2,1-4H3,(H,61,68)(H,66,69)(H,67,70). The van der Waals surface area contributed by atoms with Crippen LogP contribution in [-0.4, -0.2) is 44.3 Å². The van der Waals surface area contributed by atoms with Gasteiger partial charge in [-0.15, -0.1) is 0 Å². The van der Waals surface area contributed by atoms with Gasteiger partial charge in [-0.1, -0.05) is 124 Å². The molecule has 356 valence electrons. The van der Waals surface area contributed by atoms with E-state index in [-0.39, 0.29) is 24.3 Å². The number of anilines is 3. The summed E-state index contributed by atoms with van der Waals surface area (Å²) in [5.74, 6) is 0.111. The first-order chi connectivity index (χ1) is 34.9. The fourth-order valence-electron chi connectivity index (χ4n) is 8.95. The van der Waals surface area contributed by atoms with Crippen LogP contribution in [0.25, 0.3) is 90.9 Å². The molecule has 3 aromatic heterocycles. The lowest BCUT2D eigenvalue weighted by molar-refractivity contribution is -0.123. The van der Waals surface area contributed by atoms with Gasteiger partial charge in [0.25, 0.3) is 5.91 Å². The third kappa shape index (κ3) is 9.72. The van der Waals surface area contributed by atoms with E-state index in [1.807, 2.05) is 142 Å². The maximum absolute atomic E-state index is 13.9. The van der Waals surface area contributed by atoms with Gasteiger partial charge in [0.2, 0.25) is 11.8 Å². The number of nitrogens with one attached hydrogen (secondary N) is 5. The van der Waals surface area contributed by atoms with E-state index >= 15 is 0 Å². The van der Waals surface area contributed by atoms with Gasteiger partial charge in [0, 0.05) is 102 Å². The molecule has 5 aromatic carbocycles. The summed E-state index contributed by atoms with van der Waals surface area (Å²) < 4.78 is 6.08. The zero-order chi connectivity index (χ0) is 49.9. The summed E-state index contributed by atoms with van der Waals surface area (Å²) in [5.41, 5.74) is 14.7. The fraction of sp³-hybridized carbons (Fsp3) is 0.117. The van der Waals surface area contributed by atoms with Crippen molar-refractivity contribution in [1.29, 1.82) is 0 Å². The number of carbonyl (C=O) groups is 3. The second-order valence-electron chi connectivity index (χ2n) is 18.5. The molecule has 0 radical (unpaired) electrons. The highest BCUT2D eigenvalue weighted by Gasteiger charge is 2.25. The number of aromatic amines is 2. The molecule has 0 atom stereocenters. The minimum absolute atomic E-state index is 0.104. The molecule has 2 aliphatic heterocycles. The average molecular weight is 966 g/mol. The molecule has 0 aliphatic carbocycles. The molecule has 0 spiro atoms. The van der Waals surface area contributed by atoms with Crippen molar-refractivity contribution in [3.63, 3.8) is 0 Å². The number of aromatic nitrogens is 4. The summed E-state index contributed by atoms with van der Waals surface area (Å²) in [6.45, 7) is 6.84. The van der Waals surface area contributed by atoms with E-state index in [1.165, 1.54) is 6.92 Å². The zero-order valence-electron chi connectivity index (χ0n) is 40.1. The lowest BCUT2D eigenvalue weighted by Crippen LogP contribution is -2.27. The third-order valence-electron chi connectivity index (χ3n) is 12.4. The summed E-state index contributed by atoms with van der Waals surface area (Å²) >= 11 is 4.46. The second kappa shape index (κ2) is 19.9. The molecule has 8 aromatic rings. The minimum Gasteiger partial charge on any atom is -0.483 e. The van der Waals surface area contributed by atoms with Gasteiger partial charge in [-0.2, -0.15) is 12.6 Å². The monoisotopic (exact) mass is 965 g/mol. The number of thiol groups is 1. The number of rotatable bonds is 11. The van der Waals surface area contributed by atoms with Crippen LogP contribution in [0.15, 0.2) is 152 Å². The van der Waals surface area contributed by atoms with E-state index in [4.69, 9.17) is 14.7 Å². The summed E-state index contributed by atoms with van der Waals surface area (Å²) in [6, 6.07) is 49.3. The summed E-state index contributed by atoms with van der Waals surface area (Å²) in [4.78, 5) is 57.8. The molecule has 12 heteroatoms. The fourth-order valence-corrected chi connectivity index (χ4v) is 9.21. The Morgan fingerprint density at radius 3 is 1.46 bits per heavy atom. The molecule has 5 heterocycles. The second-order valence-corrected chi connectivity index (χ2v) is 18.8. The van der Waals surface area contributed by atoms with Gasteiger partial charge in [-0.3, -0.25) is 14.4 Å². The lowest BCUT2D eigenvalue weighted by Gasteiger charge is -2.19. The number of benzene rings is 5. The van der Waals surface area contributed by atoms with Crippen molar-refractivity contribution in [1.82, 2.24) is 19.9 Å². The predicted molar refractivity (Wildman–Crippen MR) is 296 cm³/mol. The maximum Gasteiger partial charge on any atom is 0.262 e. The molecule has 0 saturated carbocycles. The molecule has 8 bridgehead atoms. The molecule has 11 nitrogen and oxygen atoms in total. The zero-order valence-corrected chi connectivity index (χ0v) is 41.0. The molecular formula is C60H51N7O4S. The largest absolute Gasteiger partial charge is 0.483 e. The summed E-state index contributed by atoms with van der Waals surface area (Å²) in [6.07, 6.45) is 8.11. The highest BCUT2D eigenvalue weighted by atomic mass is 32.1. The van der Waals surface area contributed by atoms with Crippen LogP contribution in [0.1, 0.15) is 56.0 Å². The Labute approximate surface area is 422 Å². The van der Waals surface area contributed by atoms with Gasteiger partial charge in [-0.25, -0.2) is 9.97 Å². The Morgan fingerprint density at radius 2 is 0.986 bits per heavy atom. The van der Waals surface area contributed by atoms with Crippen molar-refractivity contribution in [2.75, 3.05) is 22.6 Å². The van der Waals surface area contributed by atoms with E-state index in [0.717, 1.165) is 83.5 Å². The molecular weight excluding hydrogens is 915 g/mol. The van der Waals surface area contributed by atoms with Gasteiger partial charge < -0.3 is 30.7 Å². The Morgan fingerprint density at radius 1 is 0.542 bits per heavy atom. The van der Waals surface area contributed by atoms with Crippen LogP contribution in [0.3, 0.4) is 0 Å². The van der Waals surface area contributed by atoms with Gasteiger partial charge in [0.1, 0.15) is 5.75 Å². The number of ether oxygens (including phenoxy) is 1. The summed E-state index contributed by atoms with van der Waals surface area (Å²) in [7, 11) is 0. The highest BCUT2D eigenvalue weighted by Crippen LogP contribution is 2.41. The first kappa shape index (κ1) is 47.0. The molecule has 0 fully saturated rings. The molecule has 0 saturated heterocycles. The van der Waals surface area contributed by atoms with Crippen molar-refractivity contribution in [3.8, 4) is 50.3 Å². The van der Waals surface area contributed by atoms with E-state index in [0.29, 0.717) is 40.0 Å². The normalized spacial score (nSPS) is 11.8. The van der Waals surface area contributed by atoms with Gasteiger partial charge in [0.15, 0.2) is 6.61 Å². The molecule has 10 rings (SSSR count). The van der Waals surface area contributed by atoms with E-state index in [9.17, 15) is 14.4 Å². The molecule has 2 aliphatic rings. The number of H-pyrrole nitrogens is 2. The molecule has 5 N–H and O–H groups in total. The maximum atomic E-state index is 13.9. The summed E-state index contributed by atoms with van der Waals surface area (Å²) in [5, 5.41) is 9.12. The molecule has 0 unspecified atom stereocenters. The van der Waals surface area contributed by atoms with Gasteiger partial charge in [0.05, 0.1) is 22.8 Å². The molecule has 3 amide bonds. The minimum atomic E-state index is -0.632. The van der Waals surface area contributed by atoms with Crippen LogP contribution in [0.4, 0.5) is 17.1 Å². The van der Waals surface area contributed by atoms with E-state index < -0.39 is 5.41 Å². The van der Waals surface area contributed by atoms with Crippen molar-refractivity contribution < 1.29 is 19.1 Å². The number of fused-ring (bicyclic) bond motifs is 8. The van der Waals surface area contributed by atoms with Crippen molar-refractivity contribution >= 4 is 93.8 Å². The van der Waals surface area contributed by atoms with Crippen molar-refractivity contribution in [2.45, 2.75) is 33.4 Å². The van der Waals surface area contributed by atoms with Crippen molar-refractivity contribution in [3.05, 3.63) is 180 Å². The number of amides is 3. The quantitative estimate of drug-likeness (QED) is 0.0710. The third-order valence-corrected chi connectivity index (χ3v) is 12.7. The van der Waals surface area contributed by atoms with E-state index in [1.54, 1.807) is 12.1 Å². The van der Waals surface area contributed by atoms with Crippen LogP contribution >= 0.6 is 12.6 Å². The number of nitrogens with zero attached hydrogens (tertiary/aromatic N) is 2. The first-order valence-corrected chi connectivity index (χ1v) is 24.3. The Bertz CT molecular complexity index is 3630. The SMILES string of the molecule is CC(=O)Nc1ccc(CS)c(OCC(=O)Nc2ccccc2-c2c3nc(c(-c4ccccc4)c4ccc([nH]4)c(-c4ccccc4NC(=O)C(C)(C)C)c4nc(c(-c5ccccc5)c5ccc2[nH]5)C=C4)C=C3)c1. The first-order valence-electron chi connectivity index (χ1n) is 23.6. The average Bonchev–Trinajstić information content (AvgIpc) is 4.23. The van der Waals surface area contributed by atoms with Crippen LogP contribution in [0, 0.1) is 5.41 Å². The number of hydrogen-bond donors (Lipinski definition) is 6. The van der Waals surface area contributed by atoms with E-state index in [2.05, 4.69) is 81.0 Å². The topological polar surface area (TPSA) is 154 Å². The van der Waals surface area contributed by atoms with Crippen molar-refractivity contribution in [2.24, 2.45) is 5.41 Å². The van der Waals surface area contributed by atoms with Gasteiger partial charge >= 0.3 is 0 Å². The number of carbonyl (C=O) groups excluding carboxylic acids is 3. The van der Waals surface area contributed by atoms with Crippen LogP contribution in [-0.2, 0) is 20.1 Å². The van der Waals surface area contributed by atoms with Gasteiger partial charge in [-0.05, 0) is 77.9 Å². The lowest BCUT2D eigenvalue weighted by atomic mass is 9.94. The predicted octanol–water partition coefficient (Wildman–Crippen LogP) is 13.7. The number of hydrogen-bond acceptors (Lipinski definition) is 7. The molecule has 72 heavy (non-hydrogen) atoms. The Hall–Kier alpha value is -8.74. The van der Waals surface area contributed by atoms with Crippen LogP contribution in [0.5, 0.6) is 5.75 Å². The smallest absolute Gasteiger partial charge is 0.262 e. The number of para-hydroxylation sites is 2. The Balaban J connectivity index is 1.21. The Kier molecular flexibility index (Phi) is 13.0. The van der Waals surface area contributed by atoms with Crippen LogP contribution in [0.2, 0.25) is 0 Å².